The van der Waals surface area contributed by atoms with Gasteiger partial charge in [-0.3, -0.25) is 0 Å². The molecule has 18 heavy (non-hydrogen) atoms. The van der Waals surface area contributed by atoms with Gasteiger partial charge in [0.25, 0.3) is 0 Å². The molecule has 0 radical (unpaired) electrons. The third-order valence-corrected chi connectivity index (χ3v) is 3.27. The van der Waals surface area contributed by atoms with Crippen LogP contribution in [0.25, 0.3) is 11.0 Å². The summed E-state index contributed by atoms with van der Waals surface area (Å²) < 4.78 is 7.13. The number of aliphatic hydroxyl groups is 3. The summed E-state index contributed by atoms with van der Waals surface area (Å²) in [5, 5.41) is 28.7. The quantitative estimate of drug-likeness (QED) is 0.678. The van der Waals surface area contributed by atoms with Crippen molar-refractivity contribution >= 4 is 11.0 Å². The molecule has 0 spiro atoms. The van der Waals surface area contributed by atoms with Gasteiger partial charge in [0.15, 0.2) is 6.23 Å². The molecule has 1 aliphatic heterocycles. The fourth-order valence-corrected chi connectivity index (χ4v) is 2.29. The summed E-state index contributed by atoms with van der Waals surface area (Å²) in [6.07, 6.45) is -2.12. The number of fused-ring (bicyclic) bond motifs is 1. The predicted molar refractivity (Wildman–Crippen MR) is 62.7 cm³/mol. The Labute approximate surface area is 103 Å². The predicted octanol–water partition coefficient (Wildman–Crippen LogP) is -0.352. The average Bonchev–Trinajstić information content (AvgIpc) is 2.93. The summed E-state index contributed by atoms with van der Waals surface area (Å²) in [5.74, 6) is 0. The minimum absolute atomic E-state index is 0.332. The lowest BCUT2D eigenvalue weighted by atomic mass is 10.1. The van der Waals surface area contributed by atoms with Crippen molar-refractivity contribution in [3.63, 3.8) is 0 Å². The van der Waals surface area contributed by atoms with E-state index in [1.165, 1.54) is 0 Å². The summed E-state index contributed by atoms with van der Waals surface area (Å²) in [4.78, 5) is 4.20. The second-order valence-corrected chi connectivity index (χ2v) is 4.37. The average molecular weight is 250 g/mol. The number of nitrogens with zero attached hydrogens (tertiary/aromatic N) is 2. The molecule has 4 atom stereocenters. The smallest absolute Gasteiger partial charge is 0.164 e. The Morgan fingerprint density at radius 3 is 2.72 bits per heavy atom. The molecule has 2 heterocycles. The van der Waals surface area contributed by atoms with E-state index >= 15 is 0 Å². The second-order valence-electron chi connectivity index (χ2n) is 4.37. The van der Waals surface area contributed by atoms with Crippen molar-refractivity contribution in [2.45, 2.75) is 24.5 Å². The molecule has 0 bridgehead atoms. The van der Waals surface area contributed by atoms with Gasteiger partial charge in [0.2, 0.25) is 0 Å². The van der Waals surface area contributed by atoms with Gasteiger partial charge < -0.3 is 24.6 Å². The van der Waals surface area contributed by atoms with Crippen molar-refractivity contribution in [3.8, 4) is 0 Å². The molecule has 3 N–H and O–H groups in total. The molecule has 1 fully saturated rings. The minimum atomic E-state index is -1.10. The van der Waals surface area contributed by atoms with Crippen molar-refractivity contribution in [1.29, 1.82) is 0 Å². The van der Waals surface area contributed by atoms with Gasteiger partial charge >= 0.3 is 0 Å². The van der Waals surface area contributed by atoms with Crippen LogP contribution in [-0.4, -0.2) is 49.8 Å². The first-order chi connectivity index (χ1) is 8.72. The molecule has 96 valence electrons. The zero-order chi connectivity index (χ0) is 12.7. The van der Waals surface area contributed by atoms with E-state index in [-0.39, 0.29) is 6.61 Å². The highest BCUT2D eigenvalue weighted by molar-refractivity contribution is 5.75. The van der Waals surface area contributed by atoms with Crippen LogP contribution in [0.15, 0.2) is 30.6 Å². The number of ether oxygens (including phenoxy) is 1. The van der Waals surface area contributed by atoms with Gasteiger partial charge in [0.1, 0.15) is 18.3 Å². The summed E-state index contributed by atoms with van der Waals surface area (Å²) in [6, 6.07) is 7.45. The molecule has 0 saturated carbocycles. The van der Waals surface area contributed by atoms with Crippen LogP contribution in [-0.2, 0) is 4.74 Å². The van der Waals surface area contributed by atoms with Crippen molar-refractivity contribution < 1.29 is 20.1 Å². The Balaban J connectivity index is 2.00. The fourth-order valence-electron chi connectivity index (χ4n) is 2.29. The Morgan fingerprint density at radius 1 is 1.22 bits per heavy atom. The maximum atomic E-state index is 9.96. The van der Waals surface area contributed by atoms with Gasteiger partial charge in [-0.25, -0.2) is 4.98 Å². The van der Waals surface area contributed by atoms with E-state index in [9.17, 15) is 10.2 Å². The standard InChI is InChI=1S/C12H14N2O4/c15-5-9-10(16)11(17)12(18-9)14-6-13-7-3-1-2-4-8(7)14/h1-4,6,9-12,15-17H,5H2/t9-,10+,11-,12-/m0/s1. The van der Waals surface area contributed by atoms with Crippen LogP contribution < -0.4 is 0 Å². The lowest BCUT2D eigenvalue weighted by Crippen LogP contribution is -2.33. The van der Waals surface area contributed by atoms with Crippen LogP contribution >= 0.6 is 0 Å². The molecule has 6 heteroatoms. The number of rotatable bonds is 2. The van der Waals surface area contributed by atoms with E-state index in [4.69, 9.17) is 9.84 Å². The maximum absolute atomic E-state index is 9.96. The Morgan fingerprint density at radius 2 is 2.00 bits per heavy atom. The molecule has 1 aromatic carbocycles. The van der Waals surface area contributed by atoms with Crippen LogP contribution in [0.5, 0.6) is 0 Å². The molecule has 6 nitrogen and oxygen atoms in total. The van der Waals surface area contributed by atoms with Crippen molar-refractivity contribution in [3.05, 3.63) is 30.6 Å². The van der Waals surface area contributed by atoms with Gasteiger partial charge in [-0.05, 0) is 12.1 Å². The summed E-state index contributed by atoms with van der Waals surface area (Å²) in [5.41, 5.74) is 1.60. The number of imidazole rings is 1. The van der Waals surface area contributed by atoms with Crippen molar-refractivity contribution in [2.24, 2.45) is 0 Å². The van der Waals surface area contributed by atoms with E-state index in [0.29, 0.717) is 0 Å². The van der Waals surface area contributed by atoms with Gasteiger partial charge in [-0.15, -0.1) is 0 Å². The van der Waals surface area contributed by atoms with E-state index in [2.05, 4.69) is 4.98 Å². The van der Waals surface area contributed by atoms with E-state index in [1.807, 2.05) is 24.3 Å². The first kappa shape index (κ1) is 11.6. The number of para-hydroxylation sites is 2. The number of aliphatic hydroxyl groups excluding tert-OH is 3. The highest BCUT2D eigenvalue weighted by Crippen LogP contribution is 2.31. The molecule has 0 aliphatic carbocycles. The second kappa shape index (κ2) is 4.33. The van der Waals surface area contributed by atoms with Crippen LogP contribution in [0.1, 0.15) is 6.23 Å². The first-order valence-corrected chi connectivity index (χ1v) is 5.76. The van der Waals surface area contributed by atoms with Gasteiger partial charge in [-0.2, -0.15) is 0 Å². The molecular formula is C12H14N2O4. The zero-order valence-corrected chi connectivity index (χ0v) is 9.55. The number of hydrogen-bond donors (Lipinski definition) is 3. The highest BCUT2D eigenvalue weighted by Gasteiger charge is 2.43. The minimum Gasteiger partial charge on any atom is -0.394 e. The SMILES string of the molecule is OC[C@@H]1O[C@H](n2cnc3ccccc32)[C@@H](O)[C@@H]1O. The van der Waals surface area contributed by atoms with Crippen LogP contribution in [0.4, 0.5) is 0 Å². The molecular weight excluding hydrogens is 236 g/mol. The van der Waals surface area contributed by atoms with Crippen LogP contribution in [0.3, 0.4) is 0 Å². The molecule has 3 rings (SSSR count). The largest absolute Gasteiger partial charge is 0.394 e. The highest BCUT2D eigenvalue weighted by atomic mass is 16.6. The Bertz CT molecular complexity index is 556. The topological polar surface area (TPSA) is 87.7 Å². The lowest BCUT2D eigenvalue weighted by molar-refractivity contribution is -0.0508. The van der Waals surface area contributed by atoms with Gasteiger partial charge in [0.05, 0.1) is 24.0 Å². The summed E-state index contributed by atoms with van der Waals surface area (Å²) in [7, 11) is 0. The third-order valence-electron chi connectivity index (χ3n) is 3.27. The summed E-state index contributed by atoms with van der Waals surface area (Å²) >= 11 is 0. The molecule has 1 saturated heterocycles. The van der Waals surface area contributed by atoms with E-state index < -0.39 is 24.5 Å². The van der Waals surface area contributed by atoms with E-state index in [1.54, 1.807) is 10.9 Å². The van der Waals surface area contributed by atoms with Gasteiger partial charge in [-0.1, -0.05) is 12.1 Å². The van der Waals surface area contributed by atoms with Crippen molar-refractivity contribution in [1.82, 2.24) is 9.55 Å². The van der Waals surface area contributed by atoms with Gasteiger partial charge in [0, 0.05) is 0 Å². The van der Waals surface area contributed by atoms with Crippen LogP contribution in [0, 0.1) is 0 Å². The molecule has 1 aromatic heterocycles. The van der Waals surface area contributed by atoms with Crippen LogP contribution in [0.2, 0.25) is 0 Å². The zero-order valence-electron chi connectivity index (χ0n) is 9.55. The number of aromatic nitrogens is 2. The fraction of sp³-hybridized carbons (Fsp3) is 0.417. The first-order valence-electron chi connectivity index (χ1n) is 5.76. The molecule has 1 aliphatic rings. The Kier molecular flexibility index (Phi) is 2.79. The molecule has 0 amide bonds. The lowest BCUT2D eigenvalue weighted by Gasteiger charge is -2.16. The summed E-state index contributed by atoms with van der Waals surface area (Å²) in [6.45, 7) is -0.332. The monoisotopic (exact) mass is 250 g/mol. The number of benzene rings is 1. The molecule has 2 aromatic rings. The third kappa shape index (κ3) is 1.62. The Hall–Kier alpha value is -1.47. The molecule has 0 unspecified atom stereocenters. The maximum Gasteiger partial charge on any atom is 0.164 e. The number of hydrogen-bond acceptors (Lipinski definition) is 5. The van der Waals surface area contributed by atoms with E-state index in [0.717, 1.165) is 11.0 Å². The normalized spacial score (nSPS) is 32.2. The van der Waals surface area contributed by atoms with Crippen molar-refractivity contribution in [2.75, 3.05) is 6.61 Å².